The Morgan fingerprint density at radius 2 is 2.12 bits per heavy atom. The molecule has 0 saturated carbocycles. The third-order valence-electron chi connectivity index (χ3n) is 2.45. The Kier molecular flexibility index (Phi) is 6.08. The number of hydrogen-bond acceptors (Lipinski definition) is 3. The summed E-state index contributed by atoms with van der Waals surface area (Å²) in [6.07, 6.45) is -3.93. The zero-order valence-electron chi connectivity index (χ0n) is 9.28. The van der Waals surface area contributed by atoms with Gasteiger partial charge in [0.2, 0.25) is 0 Å². The molecule has 6 heteroatoms. The summed E-state index contributed by atoms with van der Waals surface area (Å²) < 4.78 is 40.7. The lowest BCUT2D eigenvalue weighted by molar-refractivity contribution is -0.135. The summed E-state index contributed by atoms with van der Waals surface area (Å²) in [5.41, 5.74) is 0. The first-order valence-electron chi connectivity index (χ1n) is 5.66. The van der Waals surface area contributed by atoms with Gasteiger partial charge in [0.1, 0.15) is 0 Å². The summed E-state index contributed by atoms with van der Waals surface area (Å²) in [6, 6.07) is 0.288. The van der Waals surface area contributed by atoms with E-state index in [1.165, 1.54) is 0 Å². The second-order valence-electron chi connectivity index (χ2n) is 4.00. The van der Waals surface area contributed by atoms with Crippen LogP contribution >= 0.6 is 0 Å². The lowest BCUT2D eigenvalue weighted by Crippen LogP contribution is -2.47. The highest BCUT2D eigenvalue weighted by atomic mass is 19.4. The van der Waals surface area contributed by atoms with Crippen LogP contribution in [0.1, 0.15) is 19.3 Å². The van der Waals surface area contributed by atoms with Gasteiger partial charge in [-0.1, -0.05) is 0 Å². The standard InChI is InChI=1S/C10H19F3N2O/c11-10(12,13)3-1-2-4-14-7-9-8-16-6-5-15-9/h9,14-15H,1-8H2. The van der Waals surface area contributed by atoms with Crippen molar-refractivity contribution < 1.29 is 17.9 Å². The van der Waals surface area contributed by atoms with Gasteiger partial charge in [-0.3, -0.25) is 0 Å². The topological polar surface area (TPSA) is 33.3 Å². The predicted octanol–water partition coefficient (Wildman–Crippen LogP) is 1.30. The van der Waals surface area contributed by atoms with Crippen LogP contribution in [-0.2, 0) is 4.74 Å². The van der Waals surface area contributed by atoms with Crippen molar-refractivity contribution in [3.63, 3.8) is 0 Å². The molecular formula is C10H19F3N2O. The van der Waals surface area contributed by atoms with Gasteiger partial charge in [-0.05, 0) is 19.4 Å². The maximum absolute atomic E-state index is 11.8. The van der Waals surface area contributed by atoms with E-state index in [1.807, 2.05) is 0 Å². The molecule has 1 heterocycles. The van der Waals surface area contributed by atoms with E-state index in [1.54, 1.807) is 0 Å². The molecule has 1 saturated heterocycles. The van der Waals surface area contributed by atoms with Crippen molar-refractivity contribution in [3.05, 3.63) is 0 Å². The zero-order chi connectivity index (χ0) is 11.9. The van der Waals surface area contributed by atoms with E-state index in [4.69, 9.17) is 4.74 Å². The number of unbranched alkanes of at least 4 members (excludes halogenated alkanes) is 1. The Labute approximate surface area is 93.7 Å². The Morgan fingerprint density at radius 3 is 2.75 bits per heavy atom. The fourth-order valence-corrected chi connectivity index (χ4v) is 1.60. The molecule has 1 aliphatic rings. The van der Waals surface area contributed by atoms with Crippen molar-refractivity contribution in [1.82, 2.24) is 10.6 Å². The Hall–Kier alpha value is -0.330. The summed E-state index contributed by atoms with van der Waals surface area (Å²) in [4.78, 5) is 0. The van der Waals surface area contributed by atoms with E-state index in [-0.39, 0.29) is 12.5 Å². The summed E-state index contributed by atoms with van der Waals surface area (Å²) in [5, 5.41) is 6.40. The number of halogens is 3. The Bertz CT molecular complexity index is 181. The maximum atomic E-state index is 11.8. The zero-order valence-corrected chi connectivity index (χ0v) is 9.28. The van der Waals surface area contributed by atoms with E-state index in [2.05, 4.69) is 10.6 Å². The Balaban J connectivity index is 1.87. The molecule has 1 rings (SSSR count). The van der Waals surface area contributed by atoms with Crippen LogP contribution in [0.2, 0.25) is 0 Å². The fraction of sp³-hybridized carbons (Fsp3) is 1.00. The number of alkyl halides is 3. The molecule has 0 aromatic rings. The largest absolute Gasteiger partial charge is 0.389 e. The second-order valence-corrected chi connectivity index (χ2v) is 4.00. The number of nitrogens with one attached hydrogen (secondary N) is 2. The molecule has 96 valence electrons. The number of hydrogen-bond donors (Lipinski definition) is 2. The van der Waals surface area contributed by atoms with Crippen molar-refractivity contribution in [3.8, 4) is 0 Å². The highest BCUT2D eigenvalue weighted by Crippen LogP contribution is 2.21. The number of ether oxygens (including phenoxy) is 1. The summed E-state index contributed by atoms with van der Waals surface area (Å²) >= 11 is 0. The molecule has 0 aromatic carbocycles. The lowest BCUT2D eigenvalue weighted by atomic mass is 10.2. The molecule has 0 amide bonds. The lowest BCUT2D eigenvalue weighted by Gasteiger charge is -2.24. The molecule has 0 aromatic heterocycles. The molecule has 0 spiro atoms. The minimum Gasteiger partial charge on any atom is -0.378 e. The van der Waals surface area contributed by atoms with Crippen molar-refractivity contribution in [1.29, 1.82) is 0 Å². The Morgan fingerprint density at radius 1 is 1.31 bits per heavy atom. The first kappa shape index (κ1) is 13.7. The monoisotopic (exact) mass is 240 g/mol. The molecule has 1 fully saturated rings. The summed E-state index contributed by atoms with van der Waals surface area (Å²) in [7, 11) is 0. The molecule has 0 radical (unpaired) electrons. The van der Waals surface area contributed by atoms with Crippen molar-refractivity contribution >= 4 is 0 Å². The van der Waals surface area contributed by atoms with E-state index in [0.717, 1.165) is 19.7 Å². The van der Waals surface area contributed by atoms with Crippen LogP contribution in [0.25, 0.3) is 0 Å². The quantitative estimate of drug-likeness (QED) is 0.686. The molecule has 2 N–H and O–H groups in total. The van der Waals surface area contributed by atoms with Crippen LogP contribution in [0.3, 0.4) is 0 Å². The van der Waals surface area contributed by atoms with Gasteiger partial charge < -0.3 is 15.4 Å². The fourth-order valence-electron chi connectivity index (χ4n) is 1.60. The number of rotatable bonds is 6. The summed E-state index contributed by atoms with van der Waals surface area (Å²) in [5.74, 6) is 0. The van der Waals surface area contributed by atoms with Gasteiger partial charge in [-0.2, -0.15) is 13.2 Å². The van der Waals surface area contributed by atoms with Gasteiger partial charge in [-0.25, -0.2) is 0 Å². The van der Waals surface area contributed by atoms with Gasteiger partial charge in [0.25, 0.3) is 0 Å². The smallest absolute Gasteiger partial charge is 0.378 e. The van der Waals surface area contributed by atoms with E-state index >= 15 is 0 Å². The van der Waals surface area contributed by atoms with Crippen LogP contribution in [-0.4, -0.2) is 45.1 Å². The van der Waals surface area contributed by atoms with Crippen molar-refractivity contribution in [2.24, 2.45) is 0 Å². The van der Waals surface area contributed by atoms with Gasteiger partial charge in [-0.15, -0.1) is 0 Å². The molecule has 16 heavy (non-hydrogen) atoms. The van der Waals surface area contributed by atoms with Crippen LogP contribution in [0.4, 0.5) is 13.2 Å². The van der Waals surface area contributed by atoms with Gasteiger partial charge >= 0.3 is 6.18 Å². The van der Waals surface area contributed by atoms with Crippen LogP contribution in [0.5, 0.6) is 0 Å². The van der Waals surface area contributed by atoms with E-state index in [0.29, 0.717) is 19.6 Å². The molecule has 1 unspecified atom stereocenters. The predicted molar refractivity (Wildman–Crippen MR) is 55.4 cm³/mol. The first-order valence-corrected chi connectivity index (χ1v) is 5.66. The van der Waals surface area contributed by atoms with Crippen molar-refractivity contribution in [2.75, 3.05) is 32.8 Å². The molecular weight excluding hydrogens is 221 g/mol. The maximum Gasteiger partial charge on any atom is 0.389 e. The molecule has 0 aliphatic carbocycles. The minimum absolute atomic E-state index is 0.199. The first-order chi connectivity index (χ1) is 7.58. The molecule has 1 aliphatic heterocycles. The van der Waals surface area contributed by atoms with Gasteiger partial charge in [0.05, 0.1) is 13.2 Å². The molecule has 1 atom stereocenters. The van der Waals surface area contributed by atoms with E-state index < -0.39 is 12.6 Å². The van der Waals surface area contributed by atoms with Crippen LogP contribution in [0.15, 0.2) is 0 Å². The van der Waals surface area contributed by atoms with Gasteiger partial charge in [0.15, 0.2) is 0 Å². The third-order valence-corrected chi connectivity index (χ3v) is 2.45. The summed E-state index contributed by atoms with van der Waals surface area (Å²) in [6.45, 7) is 3.65. The third kappa shape index (κ3) is 7.03. The normalized spacial score (nSPS) is 22.3. The average Bonchev–Trinajstić information content (AvgIpc) is 2.23. The van der Waals surface area contributed by atoms with Crippen molar-refractivity contribution in [2.45, 2.75) is 31.5 Å². The highest BCUT2D eigenvalue weighted by molar-refractivity contribution is 4.72. The second kappa shape index (κ2) is 7.09. The minimum atomic E-state index is -4.02. The van der Waals surface area contributed by atoms with Crippen LogP contribution < -0.4 is 10.6 Å². The average molecular weight is 240 g/mol. The number of morpholine rings is 1. The van der Waals surface area contributed by atoms with Crippen LogP contribution in [0, 0.1) is 0 Å². The SMILES string of the molecule is FC(F)(F)CCCCNCC1COCCN1. The molecule has 3 nitrogen and oxygen atoms in total. The highest BCUT2D eigenvalue weighted by Gasteiger charge is 2.25. The van der Waals surface area contributed by atoms with Gasteiger partial charge in [0, 0.05) is 25.6 Å². The molecule has 0 bridgehead atoms. The van der Waals surface area contributed by atoms with E-state index in [9.17, 15) is 13.2 Å².